The Morgan fingerprint density at radius 3 is 2.12 bits per heavy atom. The number of benzene rings is 2. The molecule has 25 heavy (non-hydrogen) atoms. The van der Waals surface area contributed by atoms with Crippen LogP contribution in [0.15, 0.2) is 54.6 Å². The SMILES string of the molecule is COc1ccc(CC(=O)NNC(=S)NC(=O)Cc2ccccc2)cc1. The van der Waals surface area contributed by atoms with Gasteiger partial charge in [-0.25, -0.2) is 0 Å². The van der Waals surface area contributed by atoms with E-state index in [4.69, 9.17) is 17.0 Å². The molecule has 0 saturated heterocycles. The second kappa shape index (κ2) is 9.39. The Kier molecular flexibility index (Phi) is 6.91. The minimum Gasteiger partial charge on any atom is -0.497 e. The van der Waals surface area contributed by atoms with Crippen molar-refractivity contribution in [2.75, 3.05) is 7.11 Å². The molecule has 2 rings (SSSR count). The summed E-state index contributed by atoms with van der Waals surface area (Å²) in [6.45, 7) is 0. The van der Waals surface area contributed by atoms with Gasteiger partial charge in [-0.3, -0.25) is 20.4 Å². The molecule has 6 nitrogen and oxygen atoms in total. The third-order valence-corrected chi connectivity index (χ3v) is 3.50. The maximum absolute atomic E-state index is 11.9. The average Bonchev–Trinajstić information content (AvgIpc) is 2.61. The summed E-state index contributed by atoms with van der Waals surface area (Å²) in [5, 5.41) is 2.56. The molecule has 0 unspecified atom stereocenters. The lowest BCUT2D eigenvalue weighted by atomic mass is 10.1. The first-order valence-electron chi connectivity index (χ1n) is 7.62. The highest BCUT2D eigenvalue weighted by atomic mass is 32.1. The van der Waals surface area contributed by atoms with E-state index in [2.05, 4.69) is 16.2 Å². The van der Waals surface area contributed by atoms with Gasteiger partial charge in [-0.1, -0.05) is 42.5 Å². The minimum atomic E-state index is -0.273. The van der Waals surface area contributed by atoms with Crippen LogP contribution in [0.25, 0.3) is 0 Å². The first-order valence-corrected chi connectivity index (χ1v) is 8.03. The van der Waals surface area contributed by atoms with Gasteiger partial charge in [0.25, 0.3) is 0 Å². The third-order valence-electron chi connectivity index (χ3n) is 3.30. The fourth-order valence-electron chi connectivity index (χ4n) is 2.08. The van der Waals surface area contributed by atoms with Gasteiger partial charge in [-0.05, 0) is 35.5 Å². The number of thiocarbonyl (C=S) groups is 1. The van der Waals surface area contributed by atoms with E-state index < -0.39 is 0 Å². The summed E-state index contributed by atoms with van der Waals surface area (Å²) in [5.41, 5.74) is 6.68. The number of rotatable bonds is 5. The van der Waals surface area contributed by atoms with Crippen molar-refractivity contribution in [3.63, 3.8) is 0 Å². The van der Waals surface area contributed by atoms with Crippen LogP contribution >= 0.6 is 12.2 Å². The molecule has 0 bridgehead atoms. The molecule has 3 N–H and O–H groups in total. The van der Waals surface area contributed by atoms with E-state index in [1.165, 1.54) is 0 Å². The zero-order valence-electron chi connectivity index (χ0n) is 13.7. The number of hydrogen-bond donors (Lipinski definition) is 3. The summed E-state index contributed by atoms with van der Waals surface area (Å²) in [6, 6.07) is 16.5. The van der Waals surface area contributed by atoms with Gasteiger partial charge in [0, 0.05) is 0 Å². The number of carbonyl (C=O) groups excluding carboxylic acids is 2. The number of nitrogens with one attached hydrogen (secondary N) is 3. The summed E-state index contributed by atoms with van der Waals surface area (Å²) in [7, 11) is 1.58. The summed E-state index contributed by atoms with van der Waals surface area (Å²) in [6.07, 6.45) is 0.389. The van der Waals surface area contributed by atoms with E-state index in [0.29, 0.717) is 0 Å². The lowest BCUT2D eigenvalue weighted by molar-refractivity contribution is -0.121. The maximum atomic E-state index is 11.9. The Morgan fingerprint density at radius 1 is 0.880 bits per heavy atom. The molecular formula is C18H19N3O3S. The van der Waals surface area contributed by atoms with Crippen molar-refractivity contribution in [2.24, 2.45) is 0 Å². The molecule has 0 saturated carbocycles. The summed E-state index contributed by atoms with van der Waals surface area (Å²) >= 11 is 4.99. The van der Waals surface area contributed by atoms with Gasteiger partial charge < -0.3 is 10.1 Å². The van der Waals surface area contributed by atoms with Crippen LogP contribution in [0.5, 0.6) is 5.75 Å². The molecule has 0 heterocycles. The lowest BCUT2D eigenvalue weighted by Gasteiger charge is -2.11. The Morgan fingerprint density at radius 2 is 1.48 bits per heavy atom. The monoisotopic (exact) mass is 357 g/mol. The number of hydrogen-bond acceptors (Lipinski definition) is 4. The number of amides is 2. The molecule has 0 radical (unpaired) electrons. The van der Waals surface area contributed by atoms with Gasteiger partial charge in [0.05, 0.1) is 20.0 Å². The van der Waals surface area contributed by atoms with Gasteiger partial charge in [0.2, 0.25) is 11.8 Å². The van der Waals surface area contributed by atoms with Crippen molar-refractivity contribution < 1.29 is 14.3 Å². The molecule has 0 aliphatic carbocycles. The van der Waals surface area contributed by atoms with Crippen molar-refractivity contribution in [1.29, 1.82) is 0 Å². The average molecular weight is 357 g/mol. The molecule has 2 aromatic rings. The fourth-order valence-corrected chi connectivity index (χ4v) is 2.25. The van der Waals surface area contributed by atoms with E-state index in [1.54, 1.807) is 31.4 Å². The summed E-state index contributed by atoms with van der Waals surface area (Å²) in [5.74, 6) is 0.197. The first-order chi connectivity index (χ1) is 12.1. The molecule has 130 valence electrons. The molecule has 7 heteroatoms. The predicted molar refractivity (Wildman–Crippen MR) is 98.9 cm³/mol. The molecule has 0 fully saturated rings. The number of hydrazine groups is 1. The van der Waals surface area contributed by atoms with Crippen LogP contribution in [-0.4, -0.2) is 24.0 Å². The van der Waals surface area contributed by atoms with Crippen LogP contribution in [-0.2, 0) is 22.4 Å². The standard InChI is InChI=1S/C18H19N3O3S/c1-24-15-9-7-14(8-10-15)12-17(23)20-21-18(25)19-16(22)11-13-5-3-2-4-6-13/h2-10H,11-12H2,1H3,(H,20,23)(H2,19,21,22,25). The molecule has 0 atom stereocenters. The van der Waals surface area contributed by atoms with E-state index in [9.17, 15) is 9.59 Å². The van der Waals surface area contributed by atoms with E-state index in [0.717, 1.165) is 16.9 Å². The molecule has 0 aliphatic heterocycles. The van der Waals surface area contributed by atoms with Crippen LogP contribution < -0.4 is 20.9 Å². The maximum Gasteiger partial charge on any atom is 0.242 e. The van der Waals surface area contributed by atoms with Gasteiger partial charge >= 0.3 is 0 Å². The van der Waals surface area contributed by atoms with Crippen LogP contribution in [0, 0.1) is 0 Å². The lowest BCUT2D eigenvalue weighted by Crippen LogP contribution is -2.49. The van der Waals surface area contributed by atoms with Gasteiger partial charge in [0.1, 0.15) is 5.75 Å². The van der Waals surface area contributed by atoms with Crippen LogP contribution in [0.3, 0.4) is 0 Å². The Hall–Kier alpha value is -2.93. The zero-order valence-corrected chi connectivity index (χ0v) is 14.6. The zero-order chi connectivity index (χ0) is 18.1. The Labute approximate surface area is 151 Å². The molecular weight excluding hydrogens is 338 g/mol. The second-order valence-electron chi connectivity index (χ2n) is 5.24. The molecule has 0 aromatic heterocycles. The topological polar surface area (TPSA) is 79.5 Å². The normalized spacial score (nSPS) is 9.80. The van der Waals surface area contributed by atoms with Gasteiger partial charge in [-0.15, -0.1) is 0 Å². The van der Waals surface area contributed by atoms with Crippen molar-refractivity contribution in [2.45, 2.75) is 12.8 Å². The number of carbonyl (C=O) groups is 2. The van der Waals surface area contributed by atoms with E-state index in [1.807, 2.05) is 30.3 Å². The quantitative estimate of drug-likeness (QED) is 0.558. The Bertz CT molecular complexity index is 733. The predicted octanol–water partition coefficient (Wildman–Crippen LogP) is 1.50. The highest BCUT2D eigenvalue weighted by Crippen LogP contribution is 2.11. The van der Waals surface area contributed by atoms with Gasteiger partial charge in [0.15, 0.2) is 5.11 Å². The van der Waals surface area contributed by atoms with Gasteiger partial charge in [-0.2, -0.15) is 0 Å². The second-order valence-corrected chi connectivity index (χ2v) is 5.65. The van der Waals surface area contributed by atoms with Crippen LogP contribution in [0.4, 0.5) is 0 Å². The molecule has 2 amide bonds. The van der Waals surface area contributed by atoms with E-state index in [-0.39, 0.29) is 29.8 Å². The first kappa shape index (κ1) is 18.4. The van der Waals surface area contributed by atoms with E-state index >= 15 is 0 Å². The Balaban J connectivity index is 1.71. The smallest absolute Gasteiger partial charge is 0.242 e. The summed E-state index contributed by atoms with van der Waals surface area (Å²) in [4.78, 5) is 23.7. The van der Waals surface area contributed by atoms with Crippen molar-refractivity contribution in [1.82, 2.24) is 16.2 Å². The highest BCUT2D eigenvalue weighted by Gasteiger charge is 2.07. The van der Waals surface area contributed by atoms with Crippen LogP contribution in [0.1, 0.15) is 11.1 Å². The molecule has 2 aromatic carbocycles. The highest BCUT2D eigenvalue weighted by molar-refractivity contribution is 7.80. The molecule has 0 aliphatic rings. The van der Waals surface area contributed by atoms with Crippen molar-refractivity contribution in [3.8, 4) is 5.75 Å². The van der Waals surface area contributed by atoms with Crippen molar-refractivity contribution >= 4 is 29.1 Å². The summed E-state index contributed by atoms with van der Waals surface area (Å²) < 4.78 is 5.06. The number of ether oxygens (including phenoxy) is 1. The molecule has 0 spiro atoms. The fraction of sp³-hybridized carbons (Fsp3) is 0.167. The largest absolute Gasteiger partial charge is 0.497 e. The van der Waals surface area contributed by atoms with Crippen LogP contribution in [0.2, 0.25) is 0 Å². The van der Waals surface area contributed by atoms with Crippen molar-refractivity contribution in [3.05, 3.63) is 65.7 Å². The third kappa shape index (κ3) is 6.60. The minimum absolute atomic E-state index is 0.0454. The number of methoxy groups -OCH3 is 1.